The lowest BCUT2D eigenvalue weighted by molar-refractivity contribution is -0.120. The molecule has 3 nitrogen and oxygen atoms in total. The van der Waals surface area contributed by atoms with E-state index in [4.69, 9.17) is 0 Å². The van der Waals surface area contributed by atoms with E-state index >= 15 is 0 Å². The van der Waals surface area contributed by atoms with Crippen LogP contribution in [0, 0.1) is 6.92 Å². The van der Waals surface area contributed by atoms with Crippen molar-refractivity contribution in [2.75, 3.05) is 12.3 Å². The Bertz CT molecular complexity index is 327. The van der Waals surface area contributed by atoms with Crippen molar-refractivity contribution in [3.63, 3.8) is 0 Å². The van der Waals surface area contributed by atoms with Crippen molar-refractivity contribution in [1.82, 2.24) is 0 Å². The van der Waals surface area contributed by atoms with Crippen LogP contribution in [-0.4, -0.2) is 18.8 Å². The second kappa shape index (κ2) is 8.12. The number of carbonyl (C=O) groups is 1. The minimum atomic E-state index is -2.55. The van der Waals surface area contributed by atoms with Crippen LogP contribution < -0.4 is 0 Å². The van der Waals surface area contributed by atoms with Crippen molar-refractivity contribution in [3.8, 4) is 0 Å². The van der Waals surface area contributed by atoms with Crippen LogP contribution in [0.25, 0.3) is 0 Å². The Morgan fingerprint density at radius 2 is 1.69 bits per heavy atom. The lowest BCUT2D eigenvalue weighted by Gasteiger charge is -2.09. The van der Waals surface area contributed by atoms with Crippen molar-refractivity contribution >= 4 is 13.8 Å². The van der Waals surface area contributed by atoms with Crippen molar-refractivity contribution in [1.29, 1.82) is 0 Å². The van der Waals surface area contributed by atoms with Gasteiger partial charge >= 0.3 is 0 Å². The van der Waals surface area contributed by atoms with E-state index in [0.717, 1.165) is 0 Å². The van der Waals surface area contributed by atoms with Crippen molar-refractivity contribution in [2.24, 2.45) is 0 Å². The summed E-state index contributed by atoms with van der Waals surface area (Å²) in [6, 6.07) is 10.3. The predicted molar refractivity (Wildman–Crippen MR) is 67.0 cm³/mol. The Morgan fingerprint density at radius 1 is 1.19 bits per heavy atom. The van der Waals surface area contributed by atoms with Gasteiger partial charge in [-0.3, -0.25) is 9.36 Å². The highest BCUT2D eigenvalue weighted by molar-refractivity contribution is 7.59. The summed E-state index contributed by atoms with van der Waals surface area (Å²) in [7, 11) is -2.55. The first-order valence-electron chi connectivity index (χ1n) is 5.29. The maximum Gasteiger partial charge on any atom is 0.298 e. The molecule has 1 aromatic carbocycles. The molecule has 0 atom stereocenters. The molecular weight excluding hydrogens is 223 g/mol. The van der Waals surface area contributed by atoms with Crippen LogP contribution in [0.5, 0.6) is 0 Å². The molecule has 0 aliphatic carbocycles. The van der Waals surface area contributed by atoms with E-state index in [-0.39, 0.29) is 6.47 Å². The van der Waals surface area contributed by atoms with Crippen LogP contribution in [0.2, 0.25) is 0 Å². The highest BCUT2D eigenvalue weighted by Gasteiger charge is 2.16. The van der Waals surface area contributed by atoms with Crippen LogP contribution in [0.15, 0.2) is 30.3 Å². The second-order valence-corrected chi connectivity index (χ2v) is 6.41. The van der Waals surface area contributed by atoms with E-state index in [1.807, 2.05) is 18.2 Å². The molecule has 4 heteroatoms. The summed E-state index contributed by atoms with van der Waals surface area (Å²) in [5, 5.41) is 0. The van der Waals surface area contributed by atoms with Crippen LogP contribution in [0.1, 0.15) is 19.4 Å². The average molecular weight is 242 g/mol. The zero-order valence-corrected chi connectivity index (χ0v) is 10.9. The summed E-state index contributed by atoms with van der Waals surface area (Å²) >= 11 is 0. The molecule has 0 aliphatic heterocycles. The standard InChI is InChI=1S/C7H8.C5H11O3P/c1-7-5-3-2-4-6-7;1-3-9(7,4-2)8-5-6/h2-6H,1H3;5H,3-4H2,1-2H3. The summed E-state index contributed by atoms with van der Waals surface area (Å²) in [5.41, 5.74) is 1.32. The van der Waals surface area contributed by atoms with Gasteiger partial charge in [0.1, 0.15) is 0 Å². The van der Waals surface area contributed by atoms with Gasteiger partial charge in [0.05, 0.1) is 0 Å². The molecule has 1 rings (SSSR count). The first-order valence-corrected chi connectivity index (χ1v) is 7.29. The van der Waals surface area contributed by atoms with Crippen molar-refractivity contribution < 1.29 is 13.9 Å². The van der Waals surface area contributed by atoms with Gasteiger partial charge in [0.25, 0.3) is 6.47 Å². The molecule has 0 radical (unpaired) electrons. The summed E-state index contributed by atoms with van der Waals surface area (Å²) in [6.45, 7) is 5.83. The molecule has 0 heterocycles. The van der Waals surface area contributed by atoms with Gasteiger partial charge < -0.3 is 4.52 Å². The Kier molecular flexibility index (Phi) is 7.57. The Balaban J connectivity index is 0.000000288. The highest BCUT2D eigenvalue weighted by atomic mass is 31.2. The largest absolute Gasteiger partial charge is 0.414 e. The van der Waals surface area contributed by atoms with Gasteiger partial charge in [-0.1, -0.05) is 49.7 Å². The quantitative estimate of drug-likeness (QED) is 0.599. The minimum absolute atomic E-state index is 0.258. The lowest BCUT2D eigenvalue weighted by atomic mass is 10.2. The summed E-state index contributed by atoms with van der Waals surface area (Å²) in [6.07, 6.45) is 0.866. The highest BCUT2D eigenvalue weighted by Crippen LogP contribution is 2.44. The Hall–Kier alpha value is -1.08. The number of aryl methyl sites for hydroxylation is 1. The van der Waals surface area contributed by atoms with E-state index in [9.17, 15) is 9.36 Å². The van der Waals surface area contributed by atoms with Gasteiger partial charge in [-0.15, -0.1) is 0 Å². The normalized spacial score (nSPS) is 9.94. The first-order chi connectivity index (χ1) is 7.58. The zero-order valence-electron chi connectivity index (χ0n) is 10.1. The van der Waals surface area contributed by atoms with Crippen molar-refractivity contribution in [2.45, 2.75) is 20.8 Å². The van der Waals surface area contributed by atoms with E-state index < -0.39 is 7.37 Å². The molecule has 16 heavy (non-hydrogen) atoms. The molecular formula is C12H19O3P. The fourth-order valence-corrected chi connectivity index (χ4v) is 1.89. The lowest BCUT2D eigenvalue weighted by Crippen LogP contribution is -1.92. The summed E-state index contributed by atoms with van der Waals surface area (Å²) in [4.78, 5) is 9.74. The van der Waals surface area contributed by atoms with Gasteiger partial charge in [0.15, 0.2) is 0 Å². The average Bonchev–Trinajstić information content (AvgIpc) is 2.31. The number of benzene rings is 1. The van der Waals surface area contributed by atoms with Gasteiger partial charge in [-0.2, -0.15) is 0 Å². The Labute approximate surface area is 97.3 Å². The molecule has 0 fully saturated rings. The molecule has 90 valence electrons. The molecule has 0 bridgehead atoms. The summed E-state index contributed by atoms with van der Waals surface area (Å²) < 4.78 is 15.5. The fraction of sp³-hybridized carbons (Fsp3) is 0.417. The zero-order chi connectivity index (χ0) is 12.4. The number of hydrogen-bond donors (Lipinski definition) is 0. The maximum absolute atomic E-state index is 11.1. The molecule has 0 amide bonds. The SMILES string of the molecule is CCP(=O)(CC)OC=O.Cc1ccccc1. The van der Waals surface area contributed by atoms with Crippen LogP contribution in [-0.2, 0) is 13.9 Å². The third-order valence-electron chi connectivity index (χ3n) is 2.14. The minimum Gasteiger partial charge on any atom is -0.414 e. The maximum atomic E-state index is 11.1. The fourth-order valence-electron chi connectivity index (χ4n) is 0.985. The number of carbonyl (C=O) groups excluding carboxylic acids is 1. The molecule has 1 aromatic rings. The Morgan fingerprint density at radius 3 is 1.88 bits per heavy atom. The molecule has 0 unspecified atom stereocenters. The van der Waals surface area contributed by atoms with Crippen molar-refractivity contribution in [3.05, 3.63) is 35.9 Å². The number of rotatable bonds is 4. The molecule has 0 saturated heterocycles. The third-order valence-corrected chi connectivity index (χ3v) is 4.54. The van der Waals surface area contributed by atoms with E-state index in [0.29, 0.717) is 12.3 Å². The second-order valence-electron chi connectivity index (χ2n) is 3.30. The third kappa shape index (κ3) is 6.41. The van der Waals surface area contributed by atoms with Gasteiger partial charge in [0.2, 0.25) is 7.37 Å². The van der Waals surface area contributed by atoms with Crippen LogP contribution in [0.4, 0.5) is 0 Å². The summed E-state index contributed by atoms with van der Waals surface area (Å²) in [5.74, 6) is 0. The molecule has 0 aromatic heterocycles. The van der Waals surface area contributed by atoms with Gasteiger partial charge in [0, 0.05) is 12.3 Å². The molecule has 0 saturated carbocycles. The van der Waals surface area contributed by atoms with E-state index in [2.05, 4.69) is 23.6 Å². The van der Waals surface area contributed by atoms with Crippen LogP contribution >= 0.6 is 7.37 Å². The molecule has 0 aliphatic rings. The van der Waals surface area contributed by atoms with E-state index in [1.54, 1.807) is 13.8 Å². The topological polar surface area (TPSA) is 43.4 Å². The van der Waals surface area contributed by atoms with Gasteiger partial charge in [-0.05, 0) is 6.92 Å². The molecule has 0 spiro atoms. The smallest absolute Gasteiger partial charge is 0.298 e. The monoisotopic (exact) mass is 242 g/mol. The van der Waals surface area contributed by atoms with Crippen LogP contribution in [0.3, 0.4) is 0 Å². The first kappa shape index (κ1) is 14.9. The number of hydrogen-bond acceptors (Lipinski definition) is 3. The predicted octanol–water partition coefficient (Wildman–Crippen LogP) is 3.47. The molecule has 0 N–H and O–H groups in total. The van der Waals surface area contributed by atoms with E-state index in [1.165, 1.54) is 5.56 Å². The van der Waals surface area contributed by atoms with Gasteiger partial charge in [-0.25, -0.2) is 0 Å².